The number of carbonyl (C=O) groups is 2. The highest BCUT2D eigenvalue weighted by Gasteiger charge is 2.35. The quantitative estimate of drug-likeness (QED) is 0.611. The lowest BCUT2D eigenvalue weighted by molar-refractivity contribution is -0.139. The van der Waals surface area contributed by atoms with E-state index < -0.39 is 44.6 Å². The maximum atomic E-state index is 14.0. The Bertz CT molecular complexity index is 986. The molecular formula is C19H24F2N4O5S. The van der Waals surface area contributed by atoms with E-state index in [0.29, 0.717) is 11.3 Å². The van der Waals surface area contributed by atoms with Gasteiger partial charge in [-0.15, -0.1) is 0 Å². The molecule has 2 N–H and O–H groups in total. The summed E-state index contributed by atoms with van der Waals surface area (Å²) in [6.45, 7) is 4.19. The van der Waals surface area contributed by atoms with Crippen LogP contribution in [0, 0.1) is 11.6 Å². The Kier molecular flexibility index (Phi) is 6.92. The fourth-order valence-electron chi connectivity index (χ4n) is 3.61. The maximum absolute atomic E-state index is 14.0. The lowest BCUT2D eigenvalue weighted by atomic mass is 10.0. The molecule has 3 rings (SSSR count). The summed E-state index contributed by atoms with van der Waals surface area (Å²) in [5.74, 6) is -2.83. The molecule has 2 aliphatic heterocycles. The number of piperazine rings is 1. The molecule has 1 saturated heterocycles. The smallest absolute Gasteiger partial charge is 0.337 e. The molecule has 1 aromatic carbocycles. The molecule has 0 radical (unpaired) electrons. The van der Waals surface area contributed by atoms with Gasteiger partial charge < -0.3 is 15.4 Å². The Morgan fingerprint density at radius 1 is 1.19 bits per heavy atom. The van der Waals surface area contributed by atoms with Gasteiger partial charge in [0.2, 0.25) is 10.0 Å². The molecule has 2 aliphatic rings. The zero-order valence-corrected chi connectivity index (χ0v) is 18.0. The minimum atomic E-state index is -4.34. The van der Waals surface area contributed by atoms with Crippen molar-refractivity contribution in [1.82, 2.24) is 19.8 Å². The maximum Gasteiger partial charge on any atom is 0.337 e. The highest BCUT2D eigenvalue weighted by atomic mass is 32.2. The van der Waals surface area contributed by atoms with Gasteiger partial charge in [-0.3, -0.25) is 4.90 Å². The van der Waals surface area contributed by atoms with Crippen molar-refractivity contribution < 1.29 is 31.5 Å². The first-order chi connectivity index (χ1) is 14.6. The Hall–Kier alpha value is -2.57. The fourth-order valence-corrected chi connectivity index (χ4v) is 5.14. The summed E-state index contributed by atoms with van der Waals surface area (Å²) >= 11 is 0. The van der Waals surface area contributed by atoms with Gasteiger partial charge in [0.15, 0.2) is 4.90 Å². The van der Waals surface area contributed by atoms with Gasteiger partial charge in [0.1, 0.15) is 11.6 Å². The number of halogens is 2. The number of ether oxygens (including phenoxy) is 1. The van der Waals surface area contributed by atoms with Crippen LogP contribution in [0.1, 0.15) is 13.8 Å². The van der Waals surface area contributed by atoms with E-state index in [1.807, 2.05) is 4.90 Å². The molecule has 1 unspecified atom stereocenters. The number of amides is 2. The van der Waals surface area contributed by atoms with Crippen LogP contribution in [0.3, 0.4) is 0 Å². The first-order valence-electron chi connectivity index (χ1n) is 9.79. The number of carbonyl (C=O) groups excluding carboxylic acids is 2. The highest BCUT2D eigenvalue weighted by Crippen LogP contribution is 2.24. The molecule has 1 atom stereocenters. The molecule has 9 nitrogen and oxygen atoms in total. The van der Waals surface area contributed by atoms with Crippen LogP contribution in [0.2, 0.25) is 0 Å². The molecule has 2 heterocycles. The monoisotopic (exact) mass is 458 g/mol. The summed E-state index contributed by atoms with van der Waals surface area (Å²) in [6.07, 6.45) is 0. The molecule has 0 aromatic heterocycles. The van der Waals surface area contributed by atoms with Crippen molar-refractivity contribution in [3.05, 3.63) is 41.1 Å². The lowest BCUT2D eigenvalue weighted by Gasteiger charge is -2.36. The van der Waals surface area contributed by atoms with Gasteiger partial charge in [-0.05, 0) is 26.0 Å². The summed E-state index contributed by atoms with van der Waals surface area (Å²) < 4.78 is 59.5. The Morgan fingerprint density at radius 3 is 2.39 bits per heavy atom. The van der Waals surface area contributed by atoms with Crippen molar-refractivity contribution in [2.24, 2.45) is 0 Å². The molecule has 0 aliphatic carbocycles. The molecular weight excluding hydrogens is 434 g/mol. The second kappa shape index (κ2) is 9.28. The van der Waals surface area contributed by atoms with E-state index in [0.717, 1.165) is 22.5 Å². The van der Waals surface area contributed by atoms with Crippen molar-refractivity contribution in [2.75, 3.05) is 39.3 Å². The minimum Gasteiger partial charge on any atom is -0.463 e. The van der Waals surface area contributed by atoms with Crippen LogP contribution in [0.4, 0.5) is 13.6 Å². The summed E-state index contributed by atoms with van der Waals surface area (Å²) in [5, 5.41) is 5.23. The Morgan fingerprint density at radius 2 is 1.81 bits per heavy atom. The highest BCUT2D eigenvalue weighted by molar-refractivity contribution is 7.89. The standard InChI is InChI=1S/C19H24F2N4O5S/c1-3-30-18(26)16-12(2)22-19(27)23-15(16)11-24-7-9-25(10-8-24)31(28,29)17-13(20)5-4-6-14(17)21/h4-6,12H,3,7-11H2,1-2H3,(H2,22,23,27). The van der Waals surface area contributed by atoms with Crippen LogP contribution in [0.5, 0.6) is 0 Å². The van der Waals surface area contributed by atoms with Crippen LogP contribution >= 0.6 is 0 Å². The first kappa shape index (κ1) is 23.1. The number of rotatable bonds is 6. The summed E-state index contributed by atoms with van der Waals surface area (Å²) in [7, 11) is -4.34. The topological polar surface area (TPSA) is 108 Å². The van der Waals surface area contributed by atoms with Crippen molar-refractivity contribution in [2.45, 2.75) is 24.8 Å². The van der Waals surface area contributed by atoms with Gasteiger partial charge >= 0.3 is 12.0 Å². The summed E-state index contributed by atoms with van der Waals surface area (Å²) in [6, 6.07) is 1.90. The predicted octanol–water partition coefficient (Wildman–Crippen LogP) is 0.790. The van der Waals surface area contributed by atoms with Crippen LogP contribution in [-0.4, -0.2) is 75.0 Å². The molecule has 170 valence electrons. The van der Waals surface area contributed by atoms with Crippen LogP contribution in [-0.2, 0) is 19.6 Å². The van der Waals surface area contributed by atoms with Crippen LogP contribution in [0.15, 0.2) is 34.4 Å². The zero-order chi connectivity index (χ0) is 22.8. The van der Waals surface area contributed by atoms with Crippen LogP contribution in [0.25, 0.3) is 0 Å². The number of nitrogens with zero attached hydrogens (tertiary/aromatic N) is 2. The SMILES string of the molecule is CCOC(=O)C1=C(CN2CCN(S(=O)(=O)c3c(F)cccc3F)CC2)NC(=O)NC1C. The number of hydrogen-bond donors (Lipinski definition) is 2. The number of esters is 1. The van der Waals surface area contributed by atoms with Gasteiger partial charge in [0.25, 0.3) is 0 Å². The molecule has 0 bridgehead atoms. The number of hydrogen-bond acceptors (Lipinski definition) is 6. The molecule has 1 aromatic rings. The largest absolute Gasteiger partial charge is 0.463 e. The minimum absolute atomic E-state index is 0.000122. The van der Waals surface area contributed by atoms with Gasteiger partial charge in [0, 0.05) is 38.4 Å². The number of benzene rings is 1. The van der Waals surface area contributed by atoms with Crippen molar-refractivity contribution >= 4 is 22.0 Å². The molecule has 31 heavy (non-hydrogen) atoms. The van der Waals surface area contributed by atoms with Gasteiger partial charge in [-0.1, -0.05) is 6.07 Å². The van der Waals surface area contributed by atoms with E-state index in [1.54, 1.807) is 13.8 Å². The van der Waals surface area contributed by atoms with E-state index in [2.05, 4.69) is 10.6 Å². The van der Waals surface area contributed by atoms with E-state index in [-0.39, 0.29) is 39.3 Å². The predicted molar refractivity (Wildman–Crippen MR) is 106 cm³/mol. The van der Waals surface area contributed by atoms with E-state index >= 15 is 0 Å². The number of sulfonamides is 1. The van der Waals surface area contributed by atoms with Gasteiger partial charge in [-0.25, -0.2) is 26.8 Å². The lowest BCUT2D eigenvalue weighted by Crippen LogP contribution is -2.54. The zero-order valence-electron chi connectivity index (χ0n) is 17.2. The Labute approximate surface area is 179 Å². The van der Waals surface area contributed by atoms with Gasteiger partial charge in [0.05, 0.1) is 18.2 Å². The summed E-state index contributed by atoms with van der Waals surface area (Å²) in [4.78, 5) is 25.1. The second-order valence-corrected chi connectivity index (χ2v) is 9.04. The van der Waals surface area contributed by atoms with Crippen molar-refractivity contribution in [3.63, 3.8) is 0 Å². The molecule has 2 amide bonds. The molecule has 0 spiro atoms. The average molecular weight is 458 g/mol. The first-order valence-corrected chi connectivity index (χ1v) is 11.2. The van der Waals surface area contributed by atoms with Crippen molar-refractivity contribution in [3.8, 4) is 0 Å². The third-order valence-corrected chi connectivity index (χ3v) is 7.05. The van der Waals surface area contributed by atoms with E-state index in [9.17, 15) is 26.8 Å². The number of urea groups is 1. The fraction of sp³-hybridized carbons (Fsp3) is 0.474. The average Bonchev–Trinajstić information content (AvgIpc) is 2.67. The third-order valence-electron chi connectivity index (χ3n) is 5.10. The second-order valence-electron chi connectivity index (χ2n) is 7.16. The van der Waals surface area contributed by atoms with E-state index in [4.69, 9.17) is 4.74 Å². The molecule has 0 saturated carbocycles. The van der Waals surface area contributed by atoms with Gasteiger partial charge in [-0.2, -0.15) is 4.31 Å². The van der Waals surface area contributed by atoms with Crippen molar-refractivity contribution in [1.29, 1.82) is 0 Å². The normalized spacial score (nSPS) is 20.9. The Balaban J connectivity index is 1.74. The molecule has 1 fully saturated rings. The van der Waals surface area contributed by atoms with E-state index in [1.165, 1.54) is 0 Å². The molecule has 12 heteroatoms. The number of nitrogens with one attached hydrogen (secondary N) is 2. The third kappa shape index (κ3) is 4.86. The summed E-state index contributed by atoms with van der Waals surface area (Å²) in [5.41, 5.74) is 0.677. The van der Waals surface area contributed by atoms with Crippen LogP contribution < -0.4 is 10.6 Å².